The van der Waals surface area contributed by atoms with Crippen molar-refractivity contribution in [1.29, 1.82) is 0 Å². The third kappa shape index (κ3) is 8.75. The van der Waals surface area contributed by atoms with Crippen LogP contribution in [-0.2, 0) is 30.4 Å². The first kappa shape index (κ1) is 30.6. The first-order valence-corrected chi connectivity index (χ1v) is 13.2. The maximum Gasteiger partial charge on any atom is 0.326 e. The van der Waals surface area contributed by atoms with Crippen LogP contribution in [0.25, 0.3) is 10.9 Å². The summed E-state index contributed by atoms with van der Waals surface area (Å²) in [6.07, 6.45) is 1.49. The summed E-state index contributed by atoms with van der Waals surface area (Å²) in [5.41, 5.74) is 7.03. The fourth-order valence-corrected chi connectivity index (χ4v) is 4.18. The van der Waals surface area contributed by atoms with Gasteiger partial charge in [-0.3, -0.25) is 19.2 Å². The van der Waals surface area contributed by atoms with Gasteiger partial charge >= 0.3 is 11.9 Å². The molecular formula is C24H33N5O8S. The first-order valence-electron chi connectivity index (χ1n) is 11.8. The highest BCUT2D eigenvalue weighted by molar-refractivity contribution is 7.98. The molecule has 1 aromatic heterocycles. The summed E-state index contributed by atoms with van der Waals surface area (Å²) in [5, 5.41) is 36.6. The summed E-state index contributed by atoms with van der Waals surface area (Å²) in [4.78, 5) is 64.1. The molecule has 1 aromatic carbocycles. The lowest BCUT2D eigenvalue weighted by Crippen LogP contribution is -2.60. The topological polar surface area (TPSA) is 224 Å². The minimum Gasteiger partial charge on any atom is -0.481 e. The SMILES string of the molecule is CSCCC(NC(=O)C(NC(=O)C(N)CC(=O)O)C(C)O)C(=O)NC(Cc1c[nH]c2ccccc12)C(=O)O. The Hall–Kier alpha value is -3.62. The van der Waals surface area contributed by atoms with Gasteiger partial charge in [0.15, 0.2) is 0 Å². The van der Waals surface area contributed by atoms with Crippen LogP contribution < -0.4 is 21.7 Å². The van der Waals surface area contributed by atoms with E-state index in [0.717, 1.165) is 10.9 Å². The second-order valence-corrected chi connectivity index (χ2v) is 9.72. The van der Waals surface area contributed by atoms with Crippen molar-refractivity contribution in [2.24, 2.45) is 5.73 Å². The quantitative estimate of drug-likeness (QED) is 0.137. The molecule has 38 heavy (non-hydrogen) atoms. The van der Waals surface area contributed by atoms with Crippen molar-refractivity contribution in [3.8, 4) is 0 Å². The Morgan fingerprint density at radius 1 is 1.00 bits per heavy atom. The molecule has 0 aliphatic heterocycles. The zero-order valence-corrected chi connectivity index (χ0v) is 21.8. The van der Waals surface area contributed by atoms with Crippen LogP contribution in [0.1, 0.15) is 25.3 Å². The fraction of sp³-hybridized carbons (Fsp3) is 0.458. The lowest BCUT2D eigenvalue weighted by Gasteiger charge is -2.26. The number of carbonyl (C=O) groups excluding carboxylic acids is 3. The molecule has 0 saturated carbocycles. The number of H-pyrrole nitrogens is 1. The summed E-state index contributed by atoms with van der Waals surface area (Å²) in [6, 6.07) is 1.85. The number of benzene rings is 1. The van der Waals surface area contributed by atoms with Crippen molar-refractivity contribution >= 4 is 52.3 Å². The number of thioether (sulfide) groups is 1. The van der Waals surface area contributed by atoms with E-state index in [1.807, 2.05) is 24.3 Å². The molecule has 208 valence electrons. The number of carboxylic acid groups (broad SMARTS) is 2. The highest BCUT2D eigenvalue weighted by Crippen LogP contribution is 2.19. The van der Waals surface area contributed by atoms with Crippen molar-refractivity contribution in [3.63, 3.8) is 0 Å². The summed E-state index contributed by atoms with van der Waals surface area (Å²) < 4.78 is 0. The van der Waals surface area contributed by atoms with Gasteiger partial charge in [0.1, 0.15) is 18.1 Å². The summed E-state index contributed by atoms with van der Waals surface area (Å²) in [6.45, 7) is 1.23. The number of nitrogens with one attached hydrogen (secondary N) is 4. The number of para-hydroxylation sites is 1. The number of amides is 3. The van der Waals surface area contributed by atoms with Gasteiger partial charge in [0.05, 0.1) is 18.6 Å². The van der Waals surface area contributed by atoms with Crippen LogP contribution in [-0.4, -0.2) is 92.2 Å². The van der Waals surface area contributed by atoms with E-state index in [1.54, 1.807) is 12.5 Å². The third-order valence-corrected chi connectivity index (χ3v) is 6.40. The number of carboxylic acids is 2. The molecule has 5 atom stereocenters. The highest BCUT2D eigenvalue weighted by Gasteiger charge is 2.32. The van der Waals surface area contributed by atoms with Crippen LogP contribution in [0.15, 0.2) is 30.5 Å². The van der Waals surface area contributed by atoms with Crippen LogP contribution in [0.4, 0.5) is 0 Å². The Kier molecular flexibility index (Phi) is 11.6. The normalized spacial score (nSPS) is 15.1. The van der Waals surface area contributed by atoms with Crippen molar-refractivity contribution in [3.05, 3.63) is 36.0 Å². The van der Waals surface area contributed by atoms with Crippen LogP contribution >= 0.6 is 11.8 Å². The van der Waals surface area contributed by atoms with Crippen LogP contribution in [0.3, 0.4) is 0 Å². The van der Waals surface area contributed by atoms with Crippen molar-refractivity contribution in [1.82, 2.24) is 20.9 Å². The van der Waals surface area contributed by atoms with Gasteiger partial charge in [0.2, 0.25) is 17.7 Å². The number of aliphatic hydroxyl groups is 1. The largest absolute Gasteiger partial charge is 0.481 e. The number of aliphatic hydroxyl groups excluding tert-OH is 1. The zero-order chi connectivity index (χ0) is 28.4. The Balaban J connectivity index is 2.15. The number of nitrogens with two attached hydrogens (primary N) is 1. The smallest absolute Gasteiger partial charge is 0.326 e. The molecule has 14 heteroatoms. The van der Waals surface area contributed by atoms with E-state index in [4.69, 9.17) is 10.8 Å². The van der Waals surface area contributed by atoms with Gasteiger partial charge in [-0.15, -0.1) is 0 Å². The average Bonchev–Trinajstić information content (AvgIpc) is 3.26. The molecule has 0 spiro atoms. The molecule has 0 bridgehead atoms. The van der Waals surface area contributed by atoms with E-state index in [-0.39, 0.29) is 12.8 Å². The molecular weight excluding hydrogens is 518 g/mol. The number of aromatic amines is 1. The van der Waals surface area contributed by atoms with E-state index >= 15 is 0 Å². The first-order chi connectivity index (χ1) is 17.9. The number of rotatable bonds is 15. The minimum absolute atomic E-state index is 0.0118. The molecule has 2 rings (SSSR count). The van der Waals surface area contributed by atoms with E-state index in [0.29, 0.717) is 11.3 Å². The number of hydrogen-bond acceptors (Lipinski definition) is 8. The highest BCUT2D eigenvalue weighted by atomic mass is 32.2. The van der Waals surface area contributed by atoms with Crippen LogP contribution in [0.5, 0.6) is 0 Å². The number of carbonyl (C=O) groups is 5. The molecule has 0 fully saturated rings. The summed E-state index contributed by atoms with van der Waals surface area (Å²) >= 11 is 1.40. The Morgan fingerprint density at radius 3 is 2.26 bits per heavy atom. The van der Waals surface area contributed by atoms with Gasteiger partial charge in [0, 0.05) is 23.5 Å². The van der Waals surface area contributed by atoms with Gasteiger partial charge in [-0.05, 0) is 37.0 Å². The van der Waals surface area contributed by atoms with Crippen molar-refractivity contribution < 1.29 is 39.3 Å². The number of aliphatic carboxylic acids is 2. The van der Waals surface area contributed by atoms with Crippen LogP contribution in [0, 0.1) is 0 Å². The Bertz CT molecular complexity index is 1150. The van der Waals surface area contributed by atoms with Gasteiger partial charge in [-0.1, -0.05) is 18.2 Å². The van der Waals surface area contributed by atoms with Crippen LogP contribution in [0.2, 0.25) is 0 Å². The third-order valence-electron chi connectivity index (χ3n) is 5.75. The summed E-state index contributed by atoms with van der Waals surface area (Å²) in [5.74, 6) is -4.78. The molecule has 5 unspecified atom stereocenters. The molecule has 2 aromatic rings. The van der Waals surface area contributed by atoms with E-state index in [2.05, 4.69) is 20.9 Å². The molecule has 0 aliphatic rings. The van der Waals surface area contributed by atoms with Crippen molar-refractivity contribution in [2.75, 3.05) is 12.0 Å². The van der Waals surface area contributed by atoms with Crippen molar-refractivity contribution in [2.45, 2.75) is 56.5 Å². The maximum atomic E-state index is 13.1. The maximum absolute atomic E-state index is 13.1. The molecule has 0 saturated heterocycles. The predicted octanol–water partition coefficient (Wildman–Crippen LogP) is -0.815. The lowest BCUT2D eigenvalue weighted by atomic mass is 10.0. The number of aromatic nitrogens is 1. The number of hydrogen-bond donors (Lipinski definition) is 8. The molecule has 0 radical (unpaired) electrons. The zero-order valence-electron chi connectivity index (χ0n) is 21.0. The average molecular weight is 552 g/mol. The van der Waals surface area contributed by atoms with E-state index in [9.17, 15) is 34.2 Å². The van der Waals surface area contributed by atoms with E-state index in [1.165, 1.54) is 18.7 Å². The lowest BCUT2D eigenvalue weighted by molar-refractivity contribution is -0.142. The monoisotopic (exact) mass is 551 g/mol. The Labute approximate surface area is 222 Å². The van der Waals surface area contributed by atoms with Gasteiger partial charge < -0.3 is 42.0 Å². The second-order valence-electron chi connectivity index (χ2n) is 8.74. The standard InChI is InChI=1S/C24H33N5O8S/c1-12(30)20(29-21(33)15(25)10-19(31)32)23(35)27-17(7-8-38-2)22(34)28-18(24(36)37)9-13-11-26-16-6-4-3-5-14(13)16/h3-6,11-12,15,17-18,20,26,30H,7-10,25H2,1-2H3,(H,27,35)(H,28,34)(H,29,33)(H,31,32)(H,36,37). The Morgan fingerprint density at radius 2 is 1.66 bits per heavy atom. The molecule has 1 heterocycles. The molecule has 0 aliphatic carbocycles. The minimum atomic E-state index is -1.53. The fourth-order valence-electron chi connectivity index (χ4n) is 3.71. The number of fused-ring (bicyclic) bond motifs is 1. The molecule has 9 N–H and O–H groups in total. The molecule has 13 nitrogen and oxygen atoms in total. The summed E-state index contributed by atoms with van der Waals surface area (Å²) in [7, 11) is 0. The van der Waals surface area contributed by atoms with E-state index < -0.39 is 66.4 Å². The van der Waals surface area contributed by atoms with Gasteiger partial charge in [0.25, 0.3) is 0 Å². The predicted molar refractivity (Wildman–Crippen MR) is 140 cm³/mol. The van der Waals surface area contributed by atoms with Gasteiger partial charge in [-0.2, -0.15) is 11.8 Å². The molecule has 3 amide bonds. The van der Waals surface area contributed by atoms with Gasteiger partial charge in [-0.25, -0.2) is 4.79 Å². The second kappa shape index (κ2) is 14.4.